The molecule has 2 aromatic heterocycles. The Morgan fingerprint density at radius 2 is 2.35 bits per heavy atom. The van der Waals surface area contributed by atoms with E-state index in [2.05, 4.69) is 15.3 Å². The number of nitrogens with zero attached hydrogens (tertiary/aromatic N) is 2. The van der Waals surface area contributed by atoms with Crippen molar-refractivity contribution in [2.24, 2.45) is 7.05 Å². The molecular weight excluding hydrogens is 263 g/mol. The zero-order valence-corrected chi connectivity index (χ0v) is 10.5. The second-order valence-electron chi connectivity index (χ2n) is 3.49. The zero-order valence-electron chi connectivity index (χ0n) is 9.00. The standard InChI is InChI=1S/C10H10Cl2N4O/c1-16-8(2-7(11)9(16)12)10(17)14-4-6-3-13-5-15-6/h2-3,5H,4H2,1H3,(H,13,15)(H,14,17). The van der Waals surface area contributed by atoms with Gasteiger partial charge in [0.05, 0.1) is 23.6 Å². The number of amides is 1. The summed E-state index contributed by atoms with van der Waals surface area (Å²) in [5, 5.41) is 3.44. The molecule has 0 atom stereocenters. The predicted molar refractivity (Wildman–Crippen MR) is 65.2 cm³/mol. The van der Waals surface area contributed by atoms with Gasteiger partial charge < -0.3 is 14.9 Å². The first-order valence-corrected chi connectivity index (χ1v) is 5.61. The topological polar surface area (TPSA) is 62.7 Å². The number of carbonyl (C=O) groups excluding carboxylic acids is 1. The Kier molecular flexibility index (Phi) is 3.40. The summed E-state index contributed by atoms with van der Waals surface area (Å²) in [5.41, 5.74) is 1.24. The first kappa shape index (κ1) is 12.0. The lowest BCUT2D eigenvalue weighted by atomic mass is 10.4. The highest BCUT2D eigenvalue weighted by Gasteiger charge is 2.15. The van der Waals surface area contributed by atoms with Gasteiger partial charge in [-0.25, -0.2) is 4.98 Å². The molecule has 0 aliphatic rings. The Labute approximate surface area is 108 Å². The summed E-state index contributed by atoms with van der Waals surface area (Å²) < 4.78 is 1.53. The van der Waals surface area contributed by atoms with E-state index in [1.165, 1.54) is 10.6 Å². The molecule has 0 saturated carbocycles. The highest BCUT2D eigenvalue weighted by Crippen LogP contribution is 2.24. The molecule has 0 bridgehead atoms. The van der Waals surface area contributed by atoms with Gasteiger partial charge >= 0.3 is 0 Å². The molecule has 7 heteroatoms. The maximum Gasteiger partial charge on any atom is 0.268 e. The number of halogens is 2. The van der Waals surface area contributed by atoms with Crippen molar-refractivity contribution in [2.75, 3.05) is 0 Å². The average Bonchev–Trinajstić information content (AvgIpc) is 2.91. The van der Waals surface area contributed by atoms with E-state index in [9.17, 15) is 4.79 Å². The Balaban J connectivity index is 2.07. The van der Waals surface area contributed by atoms with Crippen molar-refractivity contribution < 1.29 is 4.79 Å². The second kappa shape index (κ2) is 4.81. The van der Waals surface area contributed by atoms with E-state index in [-0.39, 0.29) is 5.91 Å². The molecule has 0 unspecified atom stereocenters. The molecule has 0 fully saturated rings. The molecule has 2 heterocycles. The van der Waals surface area contributed by atoms with Gasteiger partial charge in [-0.05, 0) is 6.07 Å². The van der Waals surface area contributed by atoms with Gasteiger partial charge in [0.2, 0.25) is 0 Å². The summed E-state index contributed by atoms with van der Waals surface area (Å²) in [6.07, 6.45) is 3.20. The van der Waals surface area contributed by atoms with E-state index in [4.69, 9.17) is 23.2 Å². The van der Waals surface area contributed by atoms with E-state index < -0.39 is 0 Å². The fraction of sp³-hybridized carbons (Fsp3) is 0.200. The maximum absolute atomic E-state index is 11.8. The lowest BCUT2D eigenvalue weighted by Gasteiger charge is -2.05. The number of rotatable bonds is 3. The fourth-order valence-corrected chi connectivity index (χ4v) is 1.78. The molecule has 0 radical (unpaired) electrons. The van der Waals surface area contributed by atoms with E-state index in [1.807, 2.05) is 0 Å². The Morgan fingerprint density at radius 1 is 1.59 bits per heavy atom. The van der Waals surface area contributed by atoms with Gasteiger partial charge in [-0.1, -0.05) is 23.2 Å². The lowest BCUT2D eigenvalue weighted by Crippen LogP contribution is -2.25. The minimum Gasteiger partial charge on any atom is -0.347 e. The third kappa shape index (κ3) is 2.45. The van der Waals surface area contributed by atoms with Gasteiger partial charge in [-0.2, -0.15) is 0 Å². The van der Waals surface area contributed by atoms with Crippen LogP contribution < -0.4 is 5.32 Å². The highest BCUT2D eigenvalue weighted by molar-refractivity contribution is 6.41. The van der Waals surface area contributed by atoms with Gasteiger partial charge in [0.25, 0.3) is 5.91 Å². The van der Waals surface area contributed by atoms with E-state index >= 15 is 0 Å². The van der Waals surface area contributed by atoms with Crippen LogP contribution in [0.4, 0.5) is 0 Å². The quantitative estimate of drug-likeness (QED) is 0.898. The highest BCUT2D eigenvalue weighted by atomic mass is 35.5. The number of carbonyl (C=O) groups is 1. The Hall–Kier alpha value is -1.46. The van der Waals surface area contributed by atoms with Crippen LogP contribution in [0.15, 0.2) is 18.6 Å². The summed E-state index contributed by atoms with van der Waals surface area (Å²) in [6, 6.07) is 1.53. The minimum atomic E-state index is -0.240. The van der Waals surface area contributed by atoms with Crippen molar-refractivity contribution in [3.63, 3.8) is 0 Å². The van der Waals surface area contributed by atoms with Crippen molar-refractivity contribution in [3.8, 4) is 0 Å². The number of imidazole rings is 1. The summed E-state index contributed by atoms with van der Waals surface area (Å²) in [5.74, 6) is -0.240. The van der Waals surface area contributed by atoms with E-state index in [0.29, 0.717) is 22.4 Å². The Morgan fingerprint density at radius 3 is 2.88 bits per heavy atom. The van der Waals surface area contributed by atoms with Crippen molar-refractivity contribution >= 4 is 29.1 Å². The molecule has 2 N–H and O–H groups in total. The van der Waals surface area contributed by atoms with Gasteiger partial charge in [0.1, 0.15) is 10.8 Å². The van der Waals surface area contributed by atoms with Gasteiger partial charge in [0, 0.05) is 13.2 Å². The van der Waals surface area contributed by atoms with Crippen LogP contribution in [-0.4, -0.2) is 20.4 Å². The molecular formula is C10H10Cl2N4O. The van der Waals surface area contributed by atoms with Crippen molar-refractivity contribution in [3.05, 3.63) is 40.2 Å². The summed E-state index contributed by atoms with van der Waals surface area (Å²) >= 11 is 11.7. The Bertz CT molecular complexity index is 533. The van der Waals surface area contributed by atoms with E-state index in [1.54, 1.807) is 19.6 Å². The fourth-order valence-electron chi connectivity index (χ4n) is 1.41. The number of aromatic nitrogens is 3. The second-order valence-corrected chi connectivity index (χ2v) is 4.25. The molecule has 90 valence electrons. The average molecular weight is 273 g/mol. The molecule has 2 rings (SSSR count). The molecule has 0 aliphatic heterocycles. The normalized spacial score (nSPS) is 10.5. The van der Waals surface area contributed by atoms with Gasteiger partial charge in [-0.15, -0.1) is 0 Å². The van der Waals surface area contributed by atoms with Crippen LogP contribution in [0.2, 0.25) is 10.2 Å². The smallest absolute Gasteiger partial charge is 0.268 e. The predicted octanol–water partition coefficient (Wildman–Crippen LogP) is 1.98. The number of aromatic amines is 1. The van der Waals surface area contributed by atoms with Crippen LogP contribution in [0.5, 0.6) is 0 Å². The minimum absolute atomic E-state index is 0.240. The molecule has 2 aromatic rings. The van der Waals surface area contributed by atoms with Crippen molar-refractivity contribution in [2.45, 2.75) is 6.54 Å². The third-order valence-electron chi connectivity index (χ3n) is 2.34. The van der Waals surface area contributed by atoms with Gasteiger partial charge in [-0.3, -0.25) is 4.79 Å². The lowest BCUT2D eigenvalue weighted by molar-refractivity contribution is 0.0942. The molecule has 1 amide bonds. The SMILES string of the molecule is Cn1c(C(=O)NCc2cnc[nH]2)cc(Cl)c1Cl. The van der Waals surface area contributed by atoms with E-state index in [0.717, 1.165) is 5.69 Å². The maximum atomic E-state index is 11.8. The number of hydrogen-bond acceptors (Lipinski definition) is 2. The summed E-state index contributed by atoms with van der Waals surface area (Å²) in [6.45, 7) is 0.374. The summed E-state index contributed by atoms with van der Waals surface area (Å²) in [4.78, 5) is 18.6. The number of H-pyrrole nitrogens is 1. The first-order valence-electron chi connectivity index (χ1n) is 4.85. The van der Waals surface area contributed by atoms with Crippen LogP contribution >= 0.6 is 23.2 Å². The van der Waals surface area contributed by atoms with Gasteiger partial charge in [0.15, 0.2) is 0 Å². The van der Waals surface area contributed by atoms with Crippen LogP contribution in [0, 0.1) is 0 Å². The first-order chi connectivity index (χ1) is 8.09. The molecule has 0 saturated heterocycles. The summed E-state index contributed by atoms with van der Waals surface area (Å²) in [7, 11) is 1.68. The molecule has 17 heavy (non-hydrogen) atoms. The van der Waals surface area contributed by atoms with Crippen LogP contribution in [0.3, 0.4) is 0 Å². The molecule has 0 aromatic carbocycles. The molecule has 5 nitrogen and oxygen atoms in total. The number of nitrogens with one attached hydrogen (secondary N) is 2. The monoisotopic (exact) mass is 272 g/mol. The molecule has 0 spiro atoms. The van der Waals surface area contributed by atoms with Crippen LogP contribution in [0.1, 0.15) is 16.2 Å². The molecule has 0 aliphatic carbocycles. The van der Waals surface area contributed by atoms with Crippen molar-refractivity contribution in [1.82, 2.24) is 19.9 Å². The zero-order chi connectivity index (χ0) is 12.4. The van der Waals surface area contributed by atoms with Crippen LogP contribution in [-0.2, 0) is 13.6 Å². The van der Waals surface area contributed by atoms with Crippen LogP contribution in [0.25, 0.3) is 0 Å². The van der Waals surface area contributed by atoms with Crippen molar-refractivity contribution in [1.29, 1.82) is 0 Å². The number of hydrogen-bond donors (Lipinski definition) is 2. The third-order valence-corrected chi connectivity index (χ3v) is 3.19. The largest absolute Gasteiger partial charge is 0.347 e.